The first-order chi connectivity index (χ1) is 23.6. The van der Waals surface area contributed by atoms with Crippen LogP contribution in [-0.4, -0.2) is 56.9 Å². The number of fused-ring (bicyclic) bond motifs is 3. The number of carbonyl (C=O) groups excluding carboxylic acids is 4. The molecule has 1 unspecified atom stereocenters. The molecule has 0 spiro atoms. The SMILES string of the molecule is C=C(C)C(=O)OCCCCOc1ccc(C(=O)Oc2ccc3c(c2)C(C)c2cc(OCCCOC(=O)C(=C)CC(=O)OCC)ccc2-3)cc1. The molecule has 0 radical (unpaired) electrons. The maximum Gasteiger partial charge on any atom is 0.343 e. The average Bonchev–Trinajstić information content (AvgIpc) is 3.36. The van der Waals surface area contributed by atoms with Crippen molar-refractivity contribution in [1.29, 1.82) is 0 Å². The third-order valence-corrected chi connectivity index (χ3v) is 7.70. The zero-order valence-electron chi connectivity index (χ0n) is 28.2. The Kier molecular flexibility index (Phi) is 13.2. The van der Waals surface area contributed by atoms with Gasteiger partial charge in [-0.3, -0.25) is 4.79 Å². The van der Waals surface area contributed by atoms with Gasteiger partial charge in [0, 0.05) is 23.5 Å². The normalized spacial score (nSPS) is 12.6. The Morgan fingerprint density at radius 2 is 1.22 bits per heavy atom. The summed E-state index contributed by atoms with van der Waals surface area (Å²) in [6.45, 7) is 14.0. The number of ether oxygens (including phenoxy) is 6. The molecule has 3 aromatic carbocycles. The predicted octanol–water partition coefficient (Wildman–Crippen LogP) is 7.14. The first kappa shape index (κ1) is 36.5. The largest absolute Gasteiger partial charge is 0.494 e. The smallest absolute Gasteiger partial charge is 0.343 e. The Bertz CT molecular complexity index is 1690. The van der Waals surface area contributed by atoms with Crippen molar-refractivity contribution in [3.8, 4) is 28.4 Å². The predicted molar refractivity (Wildman–Crippen MR) is 183 cm³/mol. The average molecular weight is 671 g/mol. The Morgan fingerprint density at radius 1 is 0.673 bits per heavy atom. The molecule has 0 amide bonds. The lowest BCUT2D eigenvalue weighted by atomic mass is 9.99. The van der Waals surface area contributed by atoms with Crippen molar-refractivity contribution in [2.75, 3.05) is 33.0 Å². The second-order valence-electron chi connectivity index (χ2n) is 11.5. The van der Waals surface area contributed by atoms with Gasteiger partial charge in [0.15, 0.2) is 0 Å². The molecule has 1 aliphatic carbocycles. The molecular formula is C39H42O10. The van der Waals surface area contributed by atoms with Gasteiger partial charge < -0.3 is 28.4 Å². The topological polar surface area (TPSA) is 124 Å². The summed E-state index contributed by atoms with van der Waals surface area (Å²) in [5, 5.41) is 0. The van der Waals surface area contributed by atoms with Crippen molar-refractivity contribution in [2.45, 2.75) is 52.4 Å². The molecule has 3 aromatic rings. The monoisotopic (exact) mass is 670 g/mol. The Morgan fingerprint density at radius 3 is 1.90 bits per heavy atom. The Hall–Kier alpha value is -5.38. The number of benzene rings is 3. The van der Waals surface area contributed by atoms with Crippen LogP contribution in [0.1, 0.15) is 73.9 Å². The van der Waals surface area contributed by atoms with Crippen LogP contribution in [-0.2, 0) is 28.6 Å². The molecule has 49 heavy (non-hydrogen) atoms. The number of hydrogen-bond donors (Lipinski definition) is 0. The highest BCUT2D eigenvalue weighted by Crippen LogP contribution is 2.47. The molecule has 10 heteroatoms. The van der Waals surface area contributed by atoms with Crippen LogP contribution in [0, 0.1) is 0 Å². The van der Waals surface area contributed by atoms with E-state index in [1.807, 2.05) is 30.3 Å². The molecule has 0 saturated heterocycles. The maximum atomic E-state index is 12.9. The van der Waals surface area contributed by atoms with Crippen molar-refractivity contribution in [1.82, 2.24) is 0 Å². The molecule has 1 aliphatic rings. The van der Waals surface area contributed by atoms with Gasteiger partial charge in [-0.15, -0.1) is 0 Å². The summed E-state index contributed by atoms with van der Waals surface area (Å²) in [6, 6.07) is 18.3. The minimum absolute atomic E-state index is 0.0492. The van der Waals surface area contributed by atoms with Gasteiger partial charge in [0.05, 0.1) is 45.0 Å². The lowest BCUT2D eigenvalue weighted by Gasteiger charge is -2.11. The van der Waals surface area contributed by atoms with Gasteiger partial charge in [-0.05, 0) is 97.5 Å². The third kappa shape index (κ3) is 10.3. The highest BCUT2D eigenvalue weighted by Gasteiger charge is 2.27. The fourth-order valence-corrected chi connectivity index (χ4v) is 5.12. The highest BCUT2D eigenvalue weighted by atomic mass is 16.5. The minimum Gasteiger partial charge on any atom is -0.494 e. The van der Waals surface area contributed by atoms with Crippen molar-refractivity contribution >= 4 is 23.9 Å². The van der Waals surface area contributed by atoms with E-state index in [9.17, 15) is 19.2 Å². The van der Waals surface area contributed by atoms with Crippen molar-refractivity contribution in [3.63, 3.8) is 0 Å². The summed E-state index contributed by atoms with van der Waals surface area (Å²) in [6.07, 6.45) is 1.64. The summed E-state index contributed by atoms with van der Waals surface area (Å²) in [4.78, 5) is 47.9. The summed E-state index contributed by atoms with van der Waals surface area (Å²) in [5.41, 5.74) is 5.12. The molecule has 0 saturated carbocycles. The Labute approximate surface area is 286 Å². The molecule has 0 aromatic heterocycles. The molecule has 0 aliphatic heterocycles. The summed E-state index contributed by atoms with van der Waals surface area (Å²) in [5.74, 6) is -0.194. The van der Waals surface area contributed by atoms with Gasteiger partial charge in [0.1, 0.15) is 17.2 Å². The number of rotatable bonds is 18. The van der Waals surface area contributed by atoms with E-state index >= 15 is 0 Å². The first-order valence-corrected chi connectivity index (χ1v) is 16.3. The molecule has 1 atom stereocenters. The molecule has 10 nitrogen and oxygen atoms in total. The van der Waals surface area contributed by atoms with Crippen LogP contribution >= 0.6 is 0 Å². The van der Waals surface area contributed by atoms with Crippen LogP contribution in [0.4, 0.5) is 0 Å². The number of esters is 4. The lowest BCUT2D eigenvalue weighted by Crippen LogP contribution is -2.14. The van der Waals surface area contributed by atoms with Gasteiger partial charge in [-0.25, -0.2) is 14.4 Å². The lowest BCUT2D eigenvalue weighted by molar-refractivity contribution is -0.146. The van der Waals surface area contributed by atoms with E-state index in [2.05, 4.69) is 20.1 Å². The third-order valence-electron chi connectivity index (χ3n) is 7.70. The van der Waals surface area contributed by atoms with Crippen molar-refractivity contribution in [3.05, 3.63) is 102 Å². The van der Waals surface area contributed by atoms with Crippen LogP contribution in [0.25, 0.3) is 11.1 Å². The summed E-state index contributed by atoms with van der Waals surface area (Å²) < 4.78 is 32.4. The molecule has 0 heterocycles. The van der Waals surface area contributed by atoms with Gasteiger partial charge >= 0.3 is 23.9 Å². The zero-order valence-corrected chi connectivity index (χ0v) is 28.2. The van der Waals surface area contributed by atoms with Gasteiger partial charge in [0.2, 0.25) is 0 Å². The standard InChI is InChI=1S/C39H42O10/c1-6-44-36(40)22-26(4)38(42)48-21-9-20-46-30-14-16-32-33-17-15-31(24-35(33)27(5)34(32)23-30)49-39(43)28-10-12-29(13-11-28)45-18-7-8-19-47-37(41)25(2)3/h10-17,23-24,27H,2,4,6-9,18-22H2,1,3,5H3. The van der Waals surface area contributed by atoms with Crippen LogP contribution < -0.4 is 14.2 Å². The second-order valence-corrected chi connectivity index (χ2v) is 11.5. The van der Waals surface area contributed by atoms with Crippen LogP contribution in [0.2, 0.25) is 0 Å². The number of hydrogen-bond acceptors (Lipinski definition) is 10. The van der Waals surface area contributed by atoms with Crippen molar-refractivity contribution in [2.24, 2.45) is 0 Å². The van der Waals surface area contributed by atoms with Crippen LogP contribution in [0.5, 0.6) is 17.2 Å². The van der Waals surface area contributed by atoms with E-state index in [0.29, 0.717) is 67.5 Å². The number of unbranched alkanes of at least 4 members (excludes halogenated alkanes) is 1. The fourth-order valence-electron chi connectivity index (χ4n) is 5.12. The van der Waals surface area contributed by atoms with Crippen molar-refractivity contribution < 1.29 is 47.6 Å². The molecule has 0 bridgehead atoms. The quantitative estimate of drug-likeness (QED) is 0.0454. The van der Waals surface area contributed by atoms with Gasteiger partial charge in [0.25, 0.3) is 0 Å². The maximum absolute atomic E-state index is 12.9. The van der Waals surface area contributed by atoms with E-state index in [1.54, 1.807) is 44.2 Å². The molecular weight excluding hydrogens is 628 g/mol. The number of carbonyl (C=O) groups is 4. The molecule has 258 valence electrons. The highest BCUT2D eigenvalue weighted by molar-refractivity contribution is 5.93. The molecule has 0 N–H and O–H groups in total. The molecule has 0 fully saturated rings. The van der Waals surface area contributed by atoms with E-state index in [4.69, 9.17) is 28.4 Å². The second kappa shape index (κ2) is 17.7. The Balaban J connectivity index is 1.22. The van der Waals surface area contributed by atoms with Crippen LogP contribution in [0.15, 0.2) is 85.0 Å². The van der Waals surface area contributed by atoms with Gasteiger partial charge in [-0.2, -0.15) is 0 Å². The van der Waals surface area contributed by atoms with Gasteiger partial charge in [-0.1, -0.05) is 32.2 Å². The van der Waals surface area contributed by atoms with E-state index in [1.165, 1.54) is 0 Å². The van der Waals surface area contributed by atoms with E-state index in [-0.39, 0.29) is 31.1 Å². The van der Waals surface area contributed by atoms with E-state index in [0.717, 1.165) is 22.3 Å². The first-order valence-electron chi connectivity index (χ1n) is 16.3. The summed E-state index contributed by atoms with van der Waals surface area (Å²) in [7, 11) is 0. The fraction of sp³-hybridized carbons (Fsp3) is 0.333. The van der Waals surface area contributed by atoms with Crippen LogP contribution in [0.3, 0.4) is 0 Å². The molecule has 4 rings (SSSR count). The zero-order chi connectivity index (χ0) is 35.3. The summed E-state index contributed by atoms with van der Waals surface area (Å²) >= 11 is 0. The minimum atomic E-state index is -0.630. The van der Waals surface area contributed by atoms with E-state index < -0.39 is 23.9 Å².